The summed E-state index contributed by atoms with van der Waals surface area (Å²) in [5.74, 6) is 1.85. The molecule has 1 aromatic carbocycles. The summed E-state index contributed by atoms with van der Waals surface area (Å²) in [4.78, 5) is 0. The summed E-state index contributed by atoms with van der Waals surface area (Å²) < 4.78 is 0. The molecule has 2 aliphatic carbocycles. The van der Waals surface area contributed by atoms with E-state index in [-0.39, 0.29) is 0 Å². The van der Waals surface area contributed by atoms with Gasteiger partial charge in [0.1, 0.15) is 0 Å². The van der Waals surface area contributed by atoms with Crippen LogP contribution in [0, 0.1) is 11.8 Å². The van der Waals surface area contributed by atoms with Crippen molar-refractivity contribution in [2.45, 2.75) is 38.6 Å². The highest BCUT2D eigenvalue weighted by molar-refractivity contribution is 6.30. The maximum absolute atomic E-state index is 6.03. The third kappa shape index (κ3) is 2.66. The smallest absolute Gasteiger partial charge is 0.0408 e. The number of hydrogen-bond acceptors (Lipinski definition) is 1. The van der Waals surface area contributed by atoms with Crippen LogP contribution < -0.4 is 5.32 Å². The first-order valence-corrected chi connectivity index (χ1v) is 7.11. The fourth-order valence-electron chi connectivity index (χ4n) is 2.92. The van der Waals surface area contributed by atoms with E-state index in [2.05, 4.69) is 24.4 Å². The first kappa shape index (κ1) is 11.6. The minimum Gasteiger partial charge on any atom is -0.313 e. The lowest BCUT2D eigenvalue weighted by Gasteiger charge is -2.16. The minimum atomic E-state index is 0.629. The second kappa shape index (κ2) is 4.62. The van der Waals surface area contributed by atoms with Crippen LogP contribution in [0.4, 0.5) is 0 Å². The van der Waals surface area contributed by atoms with Crippen molar-refractivity contribution >= 4 is 11.6 Å². The SMILES string of the molecule is CC(CNC1Cc2ccc(Cl)cc2C1)C1CC1. The second-order valence-corrected chi connectivity index (χ2v) is 6.18. The zero-order valence-electron chi connectivity index (χ0n) is 10.4. The van der Waals surface area contributed by atoms with Crippen molar-refractivity contribution in [3.8, 4) is 0 Å². The molecule has 1 N–H and O–H groups in total. The van der Waals surface area contributed by atoms with Crippen LogP contribution in [-0.2, 0) is 12.8 Å². The Morgan fingerprint density at radius 3 is 2.82 bits per heavy atom. The van der Waals surface area contributed by atoms with Crippen molar-refractivity contribution in [3.05, 3.63) is 34.3 Å². The summed E-state index contributed by atoms with van der Waals surface area (Å²) in [5, 5.41) is 4.60. The molecule has 0 saturated heterocycles. The standard InChI is InChI=1S/C15H20ClN/c1-10(11-2-3-11)9-17-15-7-12-4-5-14(16)6-13(12)8-15/h4-6,10-11,15,17H,2-3,7-9H2,1H3. The van der Waals surface area contributed by atoms with Crippen molar-refractivity contribution in [3.63, 3.8) is 0 Å². The maximum atomic E-state index is 6.03. The van der Waals surface area contributed by atoms with Crippen molar-refractivity contribution in [1.82, 2.24) is 5.32 Å². The van der Waals surface area contributed by atoms with Gasteiger partial charge in [-0.2, -0.15) is 0 Å². The normalized spacial score (nSPS) is 24.7. The lowest BCUT2D eigenvalue weighted by Crippen LogP contribution is -2.33. The van der Waals surface area contributed by atoms with Crippen LogP contribution in [0.25, 0.3) is 0 Å². The number of rotatable bonds is 4. The fourth-order valence-corrected chi connectivity index (χ4v) is 3.11. The van der Waals surface area contributed by atoms with Crippen LogP contribution in [-0.4, -0.2) is 12.6 Å². The third-order valence-electron chi connectivity index (χ3n) is 4.26. The molecule has 1 nitrogen and oxygen atoms in total. The second-order valence-electron chi connectivity index (χ2n) is 5.74. The Morgan fingerprint density at radius 2 is 2.06 bits per heavy atom. The number of benzene rings is 1. The van der Waals surface area contributed by atoms with Gasteiger partial charge in [0, 0.05) is 11.1 Å². The monoisotopic (exact) mass is 249 g/mol. The Balaban J connectivity index is 1.54. The fraction of sp³-hybridized carbons (Fsp3) is 0.600. The van der Waals surface area contributed by atoms with Gasteiger partial charge in [0.05, 0.1) is 0 Å². The summed E-state index contributed by atoms with van der Waals surface area (Å²) in [7, 11) is 0. The predicted molar refractivity (Wildman–Crippen MR) is 72.5 cm³/mol. The van der Waals surface area contributed by atoms with Gasteiger partial charge in [0.25, 0.3) is 0 Å². The van der Waals surface area contributed by atoms with Gasteiger partial charge in [-0.05, 0) is 67.3 Å². The quantitative estimate of drug-likeness (QED) is 0.862. The molecule has 2 unspecified atom stereocenters. The molecule has 0 radical (unpaired) electrons. The Hall–Kier alpha value is -0.530. The van der Waals surface area contributed by atoms with Crippen molar-refractivity contribution in [2.75, 3.05) is 6.54 Å². The largest absolute Gasteiger partial charge is 0.313 e. The topological polar surface area (TPSA) is 12.0 Å². The molecule has 2 atom stereocenters. The van der Waals surface area contributed by atoms with E-state index < -0.39 is 0 Å². The van der Waals surface area contributed by atoms with E-state index in [9.17, 15) is 0 Å². The van der Waals surface area contributed by atoms with Gasteiger partial charge in [-0.1, -0.05) is 24.6 Å². The summed E-state index contributed by atoms with van der Waals surface area (Å²) >= 11 is 6.03. The lowest BCUT2D eigenvalue weighted by atomic mass is 10.1. The van der Waals surface area contributed by atoms with Crippen molar-refractivity contribution in [1.29, 1.82) is 0 Å². The van der Waals surface area contributed by atoms with E-state index in [1.165, 1.54) is 36.9 Å². The van der Waals surface area contributed by atoms with Gasteiger partial charge in [-0.3, -0.25) is 0 Å². The molecule has 17 heavy (non-hydrogen) atoms. The van der Waals surface area contributed by atoms with Crippen LogP contribution in [0.15, 0.2) is 18.2 Å². The molecule has 0 amide bonds. The van der Waals surface area contributed by atoms with Gasteiger partial charge in [-0.15, -0.1) is 0 Å². The first-order chi connectivity index (χ1) is 8.22. The first-order valence-electron chi connectivity index (χ1n) is 6.73. The average molecular weight is 250 g/mol. The molecule has 0 aromatic heterocycles. The average Bonchev–Trinajstić information content (AvgIpc) is 3.07. The summed E-state index contributed by atoms with van der Waals surface area (Å²) in [6.45, 7) is 3.56. The lowest BCUT2D eigenvalue weighted by molar-refractivity contribution is 0.420. The Kier molecular flexibility index (Phi) is 3.14. The number of halogens is 1. The minimum absolute atomic E-state index is 0.629. The van der Waals surface area contributed by atoms with E-state index >= 15 is 0 Å². The Labute approximate surface area is 109 Å². The Bertz CT molecular complexity index is 411. The molecule has 0 spiro atoms. The Morgan fingerprint density at radius 1 is 1.29 bits per heavy atom. The van der Waals surface area contributed by atoms with E-state index in [0.717, 1.165) is 23.3 Å². The zero-order chi connectivity index (χ0) is 11.8. The van der Waals surface area contributed by atoms with Crippen molar-refractivity contribution in [2.24, 2.45) is 11.8 Å². The van der Waals surface area contributed by atoms with Crippen LogP contribution in [0.5, 0.6) is 0 Å². The van der Waals surface area contributed by atoms with Gasteiger partial charge in [0.2, 0.25) is 0 Å². The molecule has 3 rings (SSSR count). The molecule has 0 heterocycles. The molecule has 2 aliphatic rings. The van der Waals surface area contributed by atoms with Gasteiger partial charge in [0.15, 0.2) is 0 Å². The molecule has 2 heteroatoms. The van der Waals surface area contributed by atoms with E-state index in [0.29, 0.717) is 6.04 Å². The highest BCUT2D eigenvalue weighted by atomic mass is 35.5. The van der Waals surface area contributed by atoms with Crippen LogP contribution >= 0.6 is 11.6 Å². The molecule has 1 fully saturated rings. The zero-order valence-corrected chi connectivity index (χ0v) is 11.1. The molecule has 1 aromatic rings. The highest BCUT2D eigenvalue weighted by Crippen LogP contribution is 2.36. The van der Waals surface area contributed by atoms with Gasteiger partial charge < -0.3 is 5.32 Å². The summed E-state index contributed by atoms with van der Waals surface area (Å²) in [6.07, 6.45) is 5.21. The van der Waals surface area contributed by atoms with Crippen LogP contribution in [0.3, 0.4) is 0 Å². The molecule has 1 saturated carbocycles. The van der Waals surface area contributed by atoms with Gasteiger partial charge >= 0.3 is 0 Å². The number of hydrogen-bond donors (Lipinski definition) is 1. The van der Waals surface area contributed by atoms with Crippen LogP contribution in [0.2, 0.25) is 5.02 Å². The summed E-state index contributed by atoms with van der Waals surface area (Å²) in [5.41, 5.74) is 2.92. The predicted octanol–water partition coefficient (Wildman–Crippen LogP) is 3.44. The molecule has 0 aliphatic heterocycles. The summed E-state index contributed by atoms with van der Waals surface area (Å²) in [6, 6.07) is 6.95. The van der Waals surface area contributed by atoms with E-state index in [1.54, 1.807) is 0 Å². The highest BCUT2D eigenvalue weighted by Gasteiger charge is 2.29. The molecular formula is C15H20ClN. The van der Waals surface area contributed by atoms with E-state index in [4.69, 9.17) is 11.6 Å². The molecular weight excluding hydrogens is 230 g/mol. The number of fused-ring (bicyclic) bond motifs is 1. The third-order valence-corrected chi connectivity index (χ3v) is 4.49. The maximum Gasteiger partial charge on any atom is 0.0408 e. The van der Waals surface area contributed by atoms with Gasteiger partial charge in [-0.25, -0.2) is 0 Å². The van der Waals surface area contributed by atoms with E-state index in [1.807, 2.05) is 6.07 Å². The molecule has 92 valence electrons. The molecule has 0 bridgehead atoms. The number of nitrogens with one attached hydrogen (secondary N) is 1. The van der Waals surface area contributed by atoms with Crippen LogP contribution in [0.1, 0.15) is 30.9 Å². The van der Waals surface area contributed by atoms with Crippen molar-refractivity contribution < 1.29 is 0 Å².